The van der Waals surface area contributed by atoms with Crippen LogP contribution in [0.5, 0.6) is 0 Å². The molecule has 0 N–H and O–H groups in total. The average molecular weight is 116 g/mol. The van der Waals surface area contributed by atoms with Crippen LogP contribution in [0.25, 0.3) is 0 Å². The normalized spacial score (nSPS) is 26.2. The molecule has 0 aliphatic carbocycles. The summed E-state index contributed by atoms with van der Waals surface area (Å²) >= 11 is 0. The summed E-state index contributed by atoms with van der Waals surface area (Å²) in [5.74, 6) is 0. The van der Waals surface area contributed by atoms with Crippen molar-refractivity contribution in [2.75, 3.05) is 13.2 Å². The van der Waals surface area contributed by atoms with Crippen LogP contribution in [0.3, 0.4) is 0 Å². The van der Waals surface area contributed by atoms with Gasteiger partial charge in [-0.2, -0.15) is 0 Å². The molecule has 46 valence electrons. The van der Waals surface area contributed by atoms with E-state index in [0.29, 0.717) is 13.1 Å². The van der Waals surface area contributed by atoms with Crippen molar-refractivity contribution in [3.63, 3.8) is 0 Å². The molecule has 1 atom stereocenters. The summed E-state index contributed by atoms with van der Waals surface area (Å²) in [6.45, 7) is 1.68. The second-order valence-corrected chi connectivity index (χ2v) is 1.71. The highest BCUT2D eigenvalue weighted by Gasteiger charge is 2.17. The van der Waals surface area contributed by atoms with Gasteiger partial charge in [0, 0.05) is 13.0 Å². The number of carbonyl (C=O) groups is 1. The molecule has 1 saturated heterocycles. The zero-order valence-corrected chi connectivity index (χ0v) is 4.50. The molecule has 3 nitrogen and oxygen atoms in total. The molecule has 3 heteroatoms. The Morgan fingerprint density at radius 1 is 1.88 bits per heavy atom. The van der Waals surface area contributed by atoms with Gasteiger partial charge in [-0.15, -0.1) is 0 Å². The Morgan fingerprint density at radius 3 is 3.00 bits per heavy atom. The van der Waals surface area contributed by atoms with Crippen molar-refractivity contribution in [3.8, 4) is 0 Å². The maximum Gasteiger partial charge on any atom is 0.293 e. The van der Waals surface area contributed by atoms with Gasteiger partial charge in [0.15, 0.2) is 0 Å². The molecule has 8 heavy (non-hydrogen) atoms. The Kier molecular flexibility index (Phi) is 1.86. The van der Waals surface area contributed by atoms with Gasteiger partial charge < -0.3 is 9.47 Å². The number of hydrogen-bond donors (Lipinski definition) is 0. The largest absolute Gasteiger partial charge is 0.465 e. The summed E-state index contributed by atoms with van der Waals surface area (Å²) in [6.07, 6.45) is 1.20. The quantitative estimate of drug-likeness (QED) is 0.485. The molecule has 0 spiro atoms. The summed E-state index contributed by atoms with van der Waals surface area (Å²) in [4.78, 5) is 9.57. The molecule has 0 aromatic rings. The van der Waals surface area contributed by atoms with Crippen LogP contribution in [0, 0.1) is 0 Å². The fraction of sp³-hybridized carbons (Fsp3) is 0.800. The molecule has 0 bridgehead atoms. The van der Waals surface area contributed by atoms with E-state index in [9.17, 15) is 4.79 Å². The molecule has 1 aliphatic heterocycles. The Hall–Kier alpha value is -0.570. The minimum atomic E-state index is 0.181. The molecular weight excluding hydrogens is 108 g/mol. The van der Waals surface area contributed by atoms with E-state index < -0.39 is 0 Å². The molecule has 1 unspecified atom stereocenters. The van der Waals surface area contributed by atoms with Gasteiger partial charge in [-0.05, 0) is 0 Å². The van der Waals surface area contributed by atoms with Gasteiger partial charge in [-0.3, -0.25) is 4.79 Å². The second-order valence-electron chi connectivity index (χ2n) is 1.71. The molecule has 0 aromatic carbocycles. The van der Waals surface area contributed by atoms with E-state index in [4.69, 9.17) is 4.74 Å². The van der Waals surface area contributed by atoms with E-state index in [-0.39, 0.29) is 6.10 Å². The zero-order valence-electron chi connectivity index (χ0n) is 4.50. The summed E-state index contributed by atoms with van der Waals surface area (Å²) in [6, 6.07) is 0. The SMILES string of the molecule is O=COCC1CCO1. The van der Waals surface area contributed by atoms with Crippen LogP contribution in [0.1, 0.15) is 6.42 Å². The van der Waals surface area contributed by atoms with Gasteiger partial charge in [0.25, 0.3) is 6.47 Å². The molecule has 1 fully saturated rings. The van der Waals surface area contributed by atoms with Crippen LogP contribution in [0.2, 0.25) is 0 Å². The topological polar surface area (TPSA) is 35.5 Å². The summed E-state index contributed by atoms with van der Waals surface area (Å²) in [5.41, 5.74) is 0. The van der Waals surface area contributed by atoms with Gasteiger partial charge in [0.05, 0.1) is 6.10 Å². The second kappa shape index (κ2) is 2.67. The van der Waals surface area contributed by atoms with Gasteiger partial charge in [-0.25, -0.2) is 0 Å². The van der Waals surface area contributed by atoms with Gasteiger partial charge in [0.2, 0.25) is 0 Å². The molecule has 1 heterocycles. The molecule has 0 amide bonds. The van der Waals surface area contributed by atoms with Crippen molar-refractivity contribution in [2.45, 2.75) is 12.5 Å². The van der Waals surface area contributed by atoms with E-state index in [1.807, 2.05) is 0 Å². The Bertz CT molecular complexity index is 77.7. The molecule has 0 radical (unpaired) electrons. The maximum absolute atomic E-state index is 9.57. The maximum atomic E-state index is 9.57. The number of rotatable bonds is 3. The highest BCUT2D eigenvalue weighted by molar-refractivity contribution is 5.36. The summed E-state index contributed by atoms with van der Waals surface area (Å²) in [7, 11) is 0. The van der Waals surface area contributed by atoms with Crippen molar-refractivity contribution < 1.29 is 14.3 Å². The van der Waals surface area contributed by atoms with E-state index in [2.05, 4.69) is 4.74 Å². The lowest BCUT2D eigenvalue weighted by atomic mass is 10.2. The lowest BCUT2D eigenvalue weighted by Gasteiger charge is -2.24. The first-order valence-corrected chi connectivity index (χ1v) is 2.60. The first-order valence-electron chi connectivity index (χ1n) is 2.60. The van der Waals surface area contributed by atoms with Crippen LogP contribution in [-0.2, 0) is 14.3 Å². The summed E-state index contributed by atoms with van der Waals surface area (Å²) in [5, 5.41) is 0. The molecule has 1 rings (SSSR count). The van der Waals surface area contributed by atoms with Gasteiger partial charge >= 0.3 is 0 Å². The smallest absolute Gasteiger partial charge is 0.293 e. The monoisotopic (exact) mass is 116 g/mol. The van der Waals surface area contributed by atoms with E-state index >= 15 is 0 Å². The van der Waals surface area contributed by atoms with Gasteiger partial charge in [-0.1, -0.05) is 0 Å². The fourth-order valence-electron chi connectivity index (χ4n) is 0.563. The average Bonchev–Trinajstić information content (AvgIpc) is 1.63. The third kappa shape index (κ3) is 1.20. The molecule has 0 saturated carbocycles. The minimum Gasteiger partial charge on any atom is -0.465 e. The summed E-state index contributed by atoms with van der Waals surface area (Å²) < 4.78 is 9.38. The van der Waals surface area contributed by atoms with E-state index in [0.717, 1.165) is 13.0 Å². The molecular formula is C5H8O3. The first kappa shape index (κ1) is 5.56. The third-order valence-corrected chi connectivity index (χ3v) is 1.14. The predicted octanol–water partition coefficient (Wildman–Crippen LogP) is -0.0517. The molecule has 1 aliphatic rings. The fourth-order valence-corrected chi connectivity index (χ4v) is 0.563. The van der Waals surface area contributed by atoms with E-state index in [1.54, 1.807) is 0 Å². The number of hydrogen-bond acceptors (Lipinski definition) is 3. The van der Waals surface area contributed by atoms with Crippen LogP contribution < -0.4 is 0 Å². The van der Waals surface area contributed by atoms with Crippen molar-refractivity contribution in [3.05, 3.63) is 0 Å². The van der Waals surface area contributed by atoms with Crippen molar-refractivity contribution in [1.29, 1.82) is 0 Å². The predicted molar refractivity (Wildman–Crippen MR) is 26.4 cm³/mol. The van der Waals surface area contributed by atoms with Crippen molar-refractivity contribution in [2.24, 2.45) is 0 Å². The lowest BCUT2D eigenvalue weighted by molar-refractivity contribution is -0.140. The number of carbonyl (C=O) groups excluding carboxylic acids is 1. The standard InChI is InChI=1S/C5H8O3/c6-4-7-3-5-1-2-8-5/h4-5H,1-3H2. The van der Waals surface area contributed by atoms with Crippen LogP contribution >= 0.6 is 0 Å². The van der Waals surface area contributed by atoms with Crippen molar-refractivity contribution >= 4 is 6.47 Å². The Balaban J connectivity index is 1.93. The van der Waals surface area contributed by atoms with Crippen LogP contribution in [0.4, 0.5) is 0 Å². The lowest BCUT2D eigenvalue weighted by Crippen LogP contribution is -2.31. The minimum absolute atomic E-state index is 0.181. The number of ether oxygens (including phenoxy) is 2. The Labute approximate surface area is 47.6 Å². The highest BCUT2D eigenvalue weighted by Crippen LogP contribution is 2.09. The Morgan fingerprint density at radius 2 is 2.62 bits per heavy atom. The zero-order chi connectivity index (χ0) is 5.82. The molecule has 0 aromatic heterocycles. The van der Waals surface area contributed by atoms with Crippen LogP contribution in [-0.4, -0.2) is 25.8 Å². The third-order valence-electron chi connectivity index (χ3n) is 1.14. The van der Waals surface area contributed by atoms with Gasteiger partial charge in [0.1, 0.15) is 6.61 Å². The van der Waals surface area contributed by atoms with Crippen LogP contribution in [0.15, 0.2) is 0 Å². The highest BCUT2D eigenvalue weighted by atomic mass is 16.6. The van der Waals surface area contributed by atoms with E-state index in [1.165, 1.54) is 0 Å². The first-order chi connectivity index (χ1) is 3.93. The van der Waals surface area contributed by atoms with Crippen molar-refractivity contribution in [1.82, 2.24) is 0 Å².